The monoisotopic (exact) mass is 533 g/mol. The van der Waals surface area contributed by atoms with Crippen LogP contribution in [0.1, 0.15) is 55.6 Å². The van der Waals surface area contributed by atoms with Gasteiger partial charge in [-0.1, -0.05) is 40.6 Å². The van der Waals surface area contributed by atoms with Crippen LogP contribution in [0.15, 0.2) is 30.3 Å². The fourth-order valence-corrected chi connectivity index (χ4v) is 5.58. The number of amides is 1. The number of halogens is 2. The highest BCUT2D eigenvalue weighted by Crippen LogP contribution is 2.28. The zero-order valence-electron chi connectivity index (χ0n) is 20.4. The molecule has 1 atom stereocenters. The molecule has 1 fully saturated rings. The fraction of sp³-hybridized carbons (Fsp3) is 0.500. The number of nitrogens with one attached hydrogen (secondary N) is 1. The summed E-state index contributed by atoms with van der Waals surface area (Å²) in [5.41, 5.74) is 2.05. The number of hydrogen-bond acceptors (Lipinski definition) is 6. The molecule has 1 saturated heterocycles. The van der Waals surface area contributed by atoms with Gasteiger partial charge in [-0.15, -0.1) is 0 Å². The van der Waals surface area contributed by atoms with Gasteiger partial charge in [0.15, 0.2) is 0 Å². The highest BCUT2D eigenvalue weighted by Gasteiger charge is 2.15. The Morgan fingerprint density at radius 2 is 1.94 bits per heavy atom. The van der Waals surface area contributed by atoms with Crippen LogP contribution in [0.4, 0.5) is 5.82 Å². The minimum Gasteiger partial charge on any atom is -0.357 e. The van der Waals surface area contributed by atoms with Crippen LogP contribution >= 0.6 is 34.5 Å². The quantitative estimate of drug-likeness (QED) is 0.318. The lowest BCUT2D eigenvalue weighted by Gasteiger charge is -2.27. The van der Waals surface area contributed by atoms with Crippen molar-refractivity contribution in [1.82, 2.24) is 20.2 Å². The van der Waals surface area contributed by atoms with Crippen molar-refractivity contribution in [2.24, 2.45) is 0 Å². The van der Waals surface area contributed by atoms with E-state index in [2.05, 4.69) is 46.2 Å². The number of pyridine rings is 1. The average molecular weight is 535 g/mol. The number of aromatic nitrogens is 2. The average Bonchev–Trinajstić information content (AvgIpc) is 3.29. The van der Waals surface area contributed by atoms with Crippen molar-refractivity contribution in [3.05, 3.63) is 50.9 Å². The summed E-state index contributed by atoms with van der Waals surface area (Å²) < 4.78 is 0. The molecule has 0 spiro atoms. The van der Waals surface area contributed by atoms with Crippen LogP contribution < -0.4 is 10.2 Å². The third-order valence-electron chi connectivity index (χ3n) is 6.63. The number of hydrogen-bond donors (Lipinski definition) is 1. The summed E-state index contributed by atoms with van der Waals surface area (Å²) in [6, 6.07) is 10.1. The molecule has 0 bridgehead atoms. The fourth-order valence-electron chi connectivity index (χ4n) is 4.34. The highest BCUT2D eigenvalue weighted by atomic mass is 35.5. The molecule has 188 valence electrons. The first kappa shape index (κ1) is 26.1. The first-order chi connectivity index (χ1) is 16.9. The Labute approximate surface area is 221 Å². The third kappa shape index (κ3) is 7.06. The summed E-state index contributed by atoms with van der Waals surface area (Å²) in [5.74, 6) is 1.11. The maximum absolute atomic E-state index is 12.4. The van der Waals surface area contributed by atoms with Gasteiger partial charge < -0.3 is 10.2 Å². The van der Waals surface area contributed by atoms with E-state index in [0.717, 1.165) is 52.8 Å². The van der Waals surface area contributed by atoms with Gasteiger partial charge in [0.2, 0.25) is 5.91 Å². The topological polar surface area (TPSA) is 61.4 Å². The molecule has 6 nitrogen and oxygen atoms in total. The van der Waals surface area contributed by atoms with Gasteiger partial charge in [0.1, 0.15) is 16.2 Å². The van der Waals surface area contributed by atoms with Crippen molar-refractivity contribution in [2.45, 2.75) is 51.5 Å². The van der Waals surface area contributed by atoms with Crippen molar-refractivity contribution >= 4 is 56.6 Å². The van der Waals surface area contributed by atoms with Crippen LogP contribution in [-0.2, 0) is 11.2 Å². The van der Waals surface area contributed by atoms with Crippen LogP contribution in [0.25, 0.3) is 10.3 Å². The van der Waals surface area contributed by atoms with Crippen molar-refractivity contribution in [2.75, 3.05) is 38.1 Å². The standard InChI is InChI=1S/C26H33Cl2N5OS/c1-18(19-7-8-20(27)21(28)17-19)32(2)14-6-13-29-24(34)11-12-25-30-22-9-10-23(31-26(22)35-25)33-15-4-3-5-16-33/h7-10,17-18H,3-6,11-16H2,1-2H3,(H,29,34). The van der Waals surface area contributed by atoms with Gasteiger partial charge in [-0.25, -0.2) is 9.97 Å². The van der Waals surface area contributed by atoms with E-state index in [9.17, 15) is 4.79 Å². The summed E-state index contributed by atoms with van der Waals surface area (Å²) in [6.07, 6.45) is 5.72. The predicted molar refractivity (Wildman–Crippen MR) is 147 cm³/mol. The molecule has 2 aromatic heterocycles. The summed E-state index contributed by atoms with van der Waals surface area (Å²) in [4.78, 5) is 27.4. The largest absolute Gasteiger partial charge is 0.357 e. The summed E-state index contributed by atoms with van der Waals surface area (Å²) in [6.45, 7) is 5.81. The molecule has 0 saturated carbocycles. The Balaban J connectivity index is 1.19. The molecule has 1 aliphatic rings. The van der Waals surface area contributed by atoms with Crippen LogP contribution in [-0.4, -0.2) is 54.0 Å². The molecule has 3 aromatic rings. The lowest BCUT2D eigenvalue weighted by atomic mass is 10.1. The second kappa shape index (κ2) is 12.3. The van der Waals surface area contributed by atoms with E-state index < -0.39 is 0 Å². The van der Waals surface area contributed by atoms with E-state index in [1.54, 1.807) is 11.3 Å². The SMILES string of the molecule is CC(c1ccc(Cl)c(Cl)c1)N(C)CCCNC(=O)CCc1nc2ccc(N3CCCCC3)nc2s1. The van der Waals surface area contributed by atoms with Crippen molar-refractivity contribution < 1.29 is 4.79 Å². The van der Waals surface area contributed by atoms with E-state index in [-0.39, 0.29) is 11.9 Å². The zero-order valence-corrected chi connectivity index (χ0v) is 22.7. The number of carbonyl (C=O) groups excluding carboxylic acids is 1. The highest BCUT2D eigenvalue weighted by molar-refractivity contribution is 7.18. The minimum absolute atomic E-state index is 0.0615. The number of aryl methyl sites for hydroxylation is 1. The Hall–Kier alpha value is -1.93. The molecule has 35 heavy (non-hydrogen) atoms. The molecule has 9 heteroatoms. The maximum atomic E-state index is 12.4. The number of rotatable bonds is 10. The normalized spacial score (nSPS) is 15.1. The molecule has 4 rings (SSSR count). The van der Waals surface area contributed by atoms with Gasteiger partial charge in [-0.3, -0.25) is 9.69 Å². The Morgan fingerprint density at radius 3 is 2.71 bits per heavy atom. The molecule has 1 aromatic carbocycles. The number of nitrogens with zero attached hydrogens (tertiary/aromatic N) is 4. The molecule has 3 heterocycles. The van der Waals surface area contributed by atoms with E-state index in [1.807, 2.05) is 18.2 Å². The molecule has 0 radical (unpaired) electrons. The second-order valence-electron chi connectivity index (χ2n) is 9.18. The number of thiazole rings is 1. The number of benzene rings is 1. The van der Waals surface area contributed by atoms with Gasteiger partial charge in [-0.05, 0) is 69.5 Å². The Morgan fingerprint density at radius 1 is 1.14 bits per heavy atom. The number of carbonyl (C=O) groups is 1. The molecule has 1 amide bonds. The zero-order chi connectivity index (χ0) is 24.8. The van der Waals surface area contributed by atoms with Gasteiger partial charge in [0.05, 0.1) is 15.1 Å². The Bertz CT molecular complexity index is 1150. The summed E-state index contributed by atoms with van der Waals surface area (Å²) >= 11 is 13.8. The molecule has 1 unspecified atom stereocenters. The van der Waals surface area contributed by atoms with E-state index in [4.69, 9.17) is 28.2 Å². The first-order valence-electron chi connectivity index (χ1n) is 12.3. The van der Waals surface area contributed by atoms with Crippen molar-refractivity contribution in [3.63, 3.8) is 0 Å². The molecule has 1 aliphatic heterocycles. The number of piperidine rings is 1. The maximum Gasteiger partial charge on any atom is 0.220 e. The van der Waals surface area contributed by atoms with Crippen LogP contribution in [0.2, 0.25) is 10.0 Å². The second-order valence-corrected chi connectivity index (χ2v) is 11.1. The third-order valence-corrected chi connectivity index (χ3v) is 8.39. The minimum atomic E-state index is 0.0615. The van der Waals surface area contributed by atoms with E-state index in [0.29, 0.717) is 29.4 Å². The lowest BCUT2D eigenvalue weighted by molar-refractivity contribution is -0.121. The molecule has 1 N–H and O–H groups in total. The smallest absolute Gasteiger partial charge is 0.220 e. The summed E-state index contributed by atoms with van der Waals surface area (Å²) in [7, 11) is 2.08. The van der Waals surface area contributed by atoms with Crippen LogP contribution in [0, 0.1) is 0 Å². The Kier molecular flexibility index (Phi) is 9.22. The van der Waals surface area contributed by atoms with E-state index >= 15 is 0 Å². The van der Waals surface area contributed by atoms with Gasteiger partial charge >= 0.3 is 0 Å². The van der Waals surface area contributed by atoms with Gasteiger partial charge in [0.25, 0.3) is 0 Å². The lowest BCUT2D eigenvalue weighted by Crippen LogP contribution is -2.29. The molecular formula is C26H33Cl2N5OS. The van der Waals surface area contributed by atoms with Crippen molar-refractivity contribution in [1.29, 1.82) is 0 Å². The number of anilines is 1. The van der Waals surface area contributed by atoms with Crippen LogP contribution in [0.3, 0.4) is 0 Å². The van der Waals surface area contributed by atoms with Crippen LogP contribution in [0.5, 0.6) is 0 Å². The molecular weight excluding hydrogens is 501 g/mol. The van der Waals surface area contributed by atoms with Gasteiger partial charge in [0, 0.05) is 45.1 Å². The van der Waals surface area contributed by atoms with E-state index in [1.165, 1.54) is 19.3 Å². The first-order valence-corrected chi connectivity index (χ1v) is 13.9. The molecule has 0 aliphatic carbocycles. The predicted octanol–water partition coefficient (Wildman–Crippen LogP) is 6.12. The van der Waals surface area contributed by atoms with Gasteiger partial charge in [-0.2, -0.15) is 0 Å². The van der Waals surface area contributed by atoms with Crippen molar-refractivity contribution in [3.8, 4) is 0 Å². The summed E-state index contributed by atoms with van der Waals surface area (Å²) in [5, 5.41) is 5.15. The number of fused-ring (bicyclic) bond motifs is 1.